The third-order valence-corrected chi connectivity index (χ3v) is 3.68. The number of aromatic nitrogens is 5. The molecular formula is C17H22N6O3. The molecule has 3 rings (SSSR count). The topological polar surface area (TPSA) is 106 Å². The molecule has 0 aliphatic heterocycles. The van der Waals surface area contributed by atoms with Crippen LogP contribution >= 0.6 is 0 Å². The molecule has 0 aliphatic carbocycles. The van der Waals surface area contributed by atoms with E-state index in [0.29, 0.717) is 11.5 Å². The third-order valence-electron chi connectivity index (χ3n) is 3.68. The molecule has 0 aliphatic rings. The minimum atomic E-state index is -0.613. The molecular weight excluding hydrogens is 336 g/mol. The lowest BCUT2D eigenvalue weighted by molar-refractivity contribution is 0.0504. The first-order chi connectivity index (χ1) is 12.2. The standard InChI is InChI=1S/C17H22N6O3/c1-11(19-15(24)26-17(2,3)4)14-20-13-6-5-9-22(13)16(25)23(14)10-12-7-8-18-21-12/h5-9,11H,10H2,1-4H3,(H,18,21)(H,19,24). The van der Waals surface area contributed by atoms with Gasteiger partial charge in [0.15, 0.2) is 0 Å². The van der Waals surface area contributed by atoms with Crippen molar-refractivity contribution in [1.82, 2.24) is 29.5 Å². The number of carbonyl (C=O) groups is 1. The van der Waals surface area contributed by atoms with Gasteiger partial charge in [-0.1, -0.05) is 0 Å². The SMILES string of the molecule is CC(NC(=O)OC(C)(C)C)c1nc2cccn2c(=O)n1Cc1ccn[nH]1. The van der Waals surface area contributed by atoms with Gasteiger partial charge in [-0.2, -0.15) is 5.10 Å². The van der Waals surface area contributed by atoms with Gasteiger partial charge in [-0.05, 0) is 45.9 Å². The van der Waals surface area contributed by atoms with Crippen LogP contribution in [0.4, 0.5) is 4.79 Å². The smallest absolute Gasteiger partial charge is 0.408 e. The Labute approximate surface area is 150 Å². The highest BCUT2D eigenvalue weighted by atomic mass is 16.6. The summed E-state index contributed by atoms with van der Waals surface area (Å²) in [7, 11) is 0. The predicted molar refractivity (Wildman–Crippen MR) is 94.9 cm³/mol. The molecule has 9 nitrogen and oxygen atoms in total. The minimum Gasteiger partial charge on any atom is -0.444 e. The number of hydrogen-bond acceptors (Lipinski definition) is 5. The zero-order chi connectivity index (χ0) is 18.9. The summed E-state index contributed by atoms with van der Waals surface area (Å²) >= 11 is 0. The molecule has 1 amide bonds. The van der Waals surface area contributed by atoms with E-state index in [4.69, 9.17) is 4.74 Å². The molecule has 3 aromatic rings. The van der Waals surface area contributed by atoms with Gasteiger partial charge in [-0.3, -0.25) is 14.1 Å². The van der Waals surface area contributed by atoms with Gasteiger partial charge in [-0.15, -0.1) is 0 Å². The lowest BCUT2D eigenvalue weighted by atomic mass is 10.2. The number of H-pyrrole nitrogens is 1. The van der Waals surface area contributed by atoms with Crippen molar-refractivity contribution >= 4 is 11.7 Å². The Morgan fingerprint density at radius 1 is 1.38 bits per heavy atom. The number of fused-ring (bicyclic) bond motifs is 1. The summed E-state index contributed by atoms with van der Waals surface area (Å²) in [5, 5.41) is 9.48. The summed E-state index contributed by atoms with van der Waals surface area (Å²) < 4.78 is 8.25. The number of amides is 1. The van der Waals surface area contributed by atoms with Crippen molar-refractivity contribution in [2.75, 3.05) is 0 Å². The summed E-state index contributed by atoms with van der Waals surface area (Å²) in [5.74, 6) is 0.432. The molecule has 0 saturated heterocycles. The first-order valence-electron chi connectivity index (χ1n) is 8.30. The number of nitrogens with one attached hydrogen (secondary N) is 2. The Hall–Kier alpha value is -3.10. The Balaban J connectivity index is 1.97. The van der Waals surface area contributed by atoms with E-state index in [1.807, 2.05) is 0 Å². The van der Waals surface area contributed by atoms with Crippen molar-refractivity contribution in [3.8, 4) is 0 Å². The Kier molecular flexibility index (Phi) is 4.54. The van der Waals surface area contributed by atoms with Gasteiger partial charge in [0, 0.05) is 12.4 Å². The summed E-state index contributed by atoms with van der Waals surface area (Å²) in [4.78, 5) is 29.5. The molecule has 0 aromatic carbocycles. The van der Waals surface area contributed by atoms with E-state index in [2.05, 4.69) is 20.5 Å². The molecule has 138 valence electrons. The fraction of sp³-hybridized carbons (Fsp3) is 0.412. The lowest BCUT2D eigenvalue weighted by Crippen LogP contribution is -2.38. The molecule has 1 unspecified atom stereocenters. The molecule has 1 atom stereocenters. The van der Waals surface area contributed by atoms with E-state index < -0.39 is 17.7 Å². The van der Waals surface area contributed by atoms with Crippen LogP contribution in [-0.4, -0.2) is 35.8 Å². The molecule has 3 heterocycles. The zero-order valence-corrected chi connectivity index (χ0v) is 15.2. The van der Waals surface area contributed by atoms with Crippen molar-refractivity contribution in [2.45, 2.75) is 45.9 Å². The molecule has 0 bridgehead atoms. The van der Waals surface area contributed by atoms with Crippen LogP contribution in [0.2, 0.25) is 0 Å². The summed E-state index contributed by atoms with van der Waals surface area (Å²) in [6, 6.07) is 4.74. The van der Waals surface area contributed by atoms with E-state index in [1.165, 1.54) is 8.97 Å². The molecule has 0 spiro atoms. The summed E-state index contributed by atoms with van der Waals surface area (Å²) in [6.45, 7) is 7.38. The van der Waals surface area contributed by atoms with Crippen molar-refractivity contribution in [3.63, 3.8) is 0 Å². The fourth-order valence-electron chi connectivity index (χ4n) is 2.60. The molecule has 9 heteroatoms. The van der Waals surface area contributed by atoms with E-state index in [0.717, 1.165) is 5.69 Å². The van der Waals surface area contributed by atoms with Crippen LogP contribution in [0, 0.1) is 0 Å². The van der Waals surface area contributed by atoms with Crippen molar-refractivity contribution in [1.29, 1.82) is 0 Å². The quantitative estimate of drug-likeness (QED) is 0.740. The monoisotopic (exact) mass is 358 g/mol. The molecule has 2 N–H and O–H groups in total. The average Bonchev–Trinajstić information content (AvgIpc) is 3.19. The number of nitrogens with zero attached hydrogens (tertiary/aromatic N) is 4. The summed E-state index contributed by atoms with van der Waals surface area (Å²) in [5.41, 5.74) is 0.412. The zero-order valence-electron chi connectivity index (χ0n) is 15.2. The molecule has 0 saturated carbocycles. The number of carbonyl (C=O) groups excluding carboxylic acids is 1. The largest absolute Gasteiger partial charge is 0.444 e. The second-order valence-electron chi connectivity index (χ2n) is 7.02. The highest BCUT2D eigenvalue weighted by Crippen LogP contribution is 2.14. The first-order valence-corrected chi connectivity index (χ1v) is 8.30. The van der Waals surface area contributed by atoms with E-state index in [-0.39, 0.29) is 12.2 Å². The van der Waals surface area contributed by atoms with Crippen LogP contribution in [0.1, 0.15) is 45.3 Å². The highest BCUT2D eigenvalue weighted by molar-refractivity contribution is 5.68. The van der Waals surface area contributed by atoms with Gasteiger partial charge >= 0.3 is 11.8 Å². The number of aromatic amines is 1. The molecule has 0 radical (unpaired) electrons. The maximum Gasteiger partial charge on any atom is 0.408 e. The van der Waals surface area contributed by atoms with Gasteiger partial charge in [-0.25, -0.2) is 14.6 Å². The predicted octanol–water partition coefficient (Wildman–Crippen LogP) is 1.85. The number of ether oxygens (including phenoxy) is 1. The van der Waals surface area contributed by atoms with Crippen molar-refractivity contribution in [3.05, 3.63) is 52.6 Å². The normalized spacial score (nSPS) is 12.9. The van der Waals surface area contributed by atoms with Crippen LogP contribution in [0.15, 0.2) is 35.4 Å². The second kappa shape index (κ2) is 6.66. The maximum absolute atomic E-state index is 12.9. The summed E-state index contributed by atoms with van der Waals surface area (Å²) in [6.07, 6.45) is 2.70. The van der Waals surface area contributed by atoms with Crippen LogP contribution in [0.3, 0.4) is 0 Å². The highest BCUT2D eigenvalue weighted by Gasteiger charge is 2.22. The number of hydrogen-bond donors (Lipinski definition) is 2. The third kappa shape index (κ3) is 3.76. The minimum absolute atomic E-state index is 0.248. The van der Waals surface area contributed by atoms with Gasteiger partial charge in [0.25, 0.3) is 0 Å². The van der Waals surface area contributed by atoms with E-state index in [9.17, 15) is 9.59 Å². The average molecular weight is 358 g/mol. The van der Waals surface area contributed by atoms with Crippen LogP contribution in [-0.2, 0) is 11.3 Å². The first kappa shape index (κ1) is 17.7. The van der Waals surface area contributed by atoms with Crippen molar-refractivity contribution < 1.29 is 9.53 Å². The maximum atomic E-state index is 12.9. The van der Waals surface area contributed by atoms with Crippen LogP contribution in [0.5, 0.6) is 0 Å². The van der Waals surface area contributed by atoms with Gasteiger partial charge < -0.3 is 10.1 Å². The molecule has 0 fully saturated rings. The van der Waals surface area contributed by atoms with E-state index >= 15 is 0 Å². The lowest BCUT2D eigenvalue weighted by Gasteiger charge is -2.23. The van der Waals surface area contributed by atoms with Crippen LogP contribution in [0.25, 0.3) is 5.65 Å². The molecule has 3 aromatic heterocycles. The van der Waals surface area contributed by atoms with Crippen molar-refractivity contribution in [2.24, 2.45) is 0 Å². The second-order valence-corrected chi connectivity index (χ2v) is 7.02. The Morgan fingerprint density at radius 2 is 2.15 bits per heavy atom. The Bertz CT molecular complexity index is 965. The van der Waals surface area contributed by atoms with Gasteiger partial charge in [0.1, 0.15) is 17.1 Å². The van der Waals surface area contributed by atoms with Gasteiger partial charge in [0.05, 0.1) is 18.3 Å². The number of rotatable bonds is 4. The number of alkyl carbamates (subject to hydrolysis) is 1. The Morgan fingerprint density at radius 3 is 2.81 bits per heavy atom. The fourth-order valence-corrected chi connectivity index (χ4v) is 2.60. The van der Waals surface area contributed by atoms with Crippen LogP contribution < -0.4 is 11.0 Å². The van der Waals surface area contributed by atoms with Gasteiger partial charge in [0.2, 0.25) is 0 Å². The van der Waals surface area contributed by atoms with E-state index in [1.54, 1.807) is 58.3 Å². The molecule has 26 heavy (non-hydrogen) atoms.